The van der Waals surface area contributed by atoms with E-state index in [9.17, 15) is 0 Å². The van der Waals surface area contributed by atoms with Crippen LogP contribution in [0.4, 0.5) is 0 Å². The summed E-state index contributed by atoms with van der Waals surface area (Å²) in [5.74, 6) is -1.54. The van der Waals surface area contributed by atoms with E-state index in [1.807, 2.05) is 0 Å². The maximum atomic E-state index is 2.57. The molecule has 2 aliphatic rings. The van der Waals surface area contributed by atoms with Crippen LogP contribution in [0.2, 0.25) is 12.1 Å². The number of allylic oxidation sites excluding steroid dienone is 4. The van der Waals surface area contributed by atoms with Crippen molar-refractivity contribution >= 4 is 27.4 Å². The van der Waals surface area contributed by atoms with Gasteiger partial charge in [0, 0.05) is 0 Å². The van der Waals surface area contributed by atoms with Crippen molar-refractivity contribution in [3.8, 4) is 0 Å². The average molecular weight is 764 g/mol. The first kappa shape index (κ1) is 34.5. The predicted octanol–water partition coefficient (Wildman–Crippen LogP) is 12.2. The molecule has 0 bridgehead atoms. The van der Waals surface area contributed by atoms with Gasteiger partial charge in [0.2, 0.25) is 0 Å². The second kappa shape index (κ2) is 15.2. The Bertz CT molecular complexity index is 2200. The number of benzene rings is 6. The van der Waals surface area contributed by atoms with Crippen molar-refractivity contribution in [2.24, 2.45) is 0 Å². The Hall–Kier alpha value is -4.62. The first-order valence-corrected chi connectivity index (χ1v) is 26.2. The van der Waals surface area contributed by atoms with E-state index in [2.05, 4.69) is 214 Å². The van der Waals surface area contributed by atoms with E-state index in [1.54, 1.807) is 3.28 Å². The van der Waals surface area contributed by atoms with Gasteiger partial charge < -0.3 is 0 Å². The molecule has 0 aliphatic heterocycles. The van der Waals surface area contributed by atoms with Crippen LogP contribution in [-0.2, 0) is 33.2 Å². The van der Waals surface area contributed by atoms with Crippen molar-refractivity contribution < 1.29 is 22.4 Å². The van der Waals surface area contributed by atoms with Gasteiger partial charge in [0.15, 0.2) is 0 Å². The standard InChI is InChI=1S/C34H31Si.C16H13.Zr/c1-25-9-7-13-29(21-25)33(19-17-27-11-3-5-15-31(27)33)23-35-24-34(30-14-8-10-26(2)22-30)20-18-28-12-4-6-16-32(28)34;1-3-9-15(10-4-1)13-7-8-14-16-11-5-2-6-12-16;/h3-22,35H,23-24H2,1-2H3;1-13H;. The van der Waals surface area contributed by atoms with E-state index in [4.69, 9.17) is 0 Å². The van der Waals surface area contributed by atoms with E-state index < -0.39 is 28.3 Å². The van der Waals surface area contributed by atoms with Gasteiger partial charge in [-0.15, -0.1) is 0 Å². The normalized spacial score (nSPS) is 19.5. The van der Waals surface area contributed by atoms with Crippen LogP contribution >= 0.6 is 0 Å². The fraction of sp³-hybridized carbons (Fsp3) is 0.120. The summed E-state index contributed by atoms with van der Waals surface area (Å²) in [4.78, 5) is 0. The molecule has 0 N–H and O–H groups in total. The summed E-state index contributed by atoms with van der Waals surface area (Å²) in [6.07, 6.45) is 17.0. The zero-order valence-corrected chi connectivity index (χ0v) is 33.7. The van der Waals surface area contributed by atoms with Gasteiger partial charge in [-0.05, 0) is 0 Å². The Kier molecular flexibility index (Phi) is 10.0. The summed E-state index contributed by atoms with van der Waals surface area (Å²) >= 11 is -1.16. The number of aryl methyl sites for hydroxylation is 2. The van der Waals surface area contributed by atoms with Crippen molar-refractivity contribution in [3.05, 3.63) is 238 Å². The number of rotatable bonds is 11. The maximum absolute atomic E-state index is 2.57. The van der Waals surface area contributed by atoms with Crippen LogP contribution in [0.15, 0.2) is 182 Å². The summed E-state index contributed by atoms with van der Waals surface area (Å²) in [5.41, 5.74) is 13.6. The minimum absolute atomic E-state index is 0.141. The molecule has 52 heavy (non-hydrogen) atoms. The molecule has 0 heterocycles. The zero-order valence-electron chi connectivity index (χ0n) is 30.0. The predicted molar refractivity (Wildman–Crippen MR) is 222 cm³/mol. The second-order valence-electron chi connectivity index (χ2n) is 14.5. The molecule has 0 saturated carbocycles. The van der Waals surface area contributed by atoms with Gasteiger partial charge in [0.25, 0.3) is 0 Å². The van der Waals surface area contributed by atoms with Crippen molar-refractivity contribution in [3.63, 3.8) is 0 Å². The van der Waals surface area contributed by atoms with Crippen LogP contribution in [0.25, 0.3) is 21.5 Å². The summed E-state index contributed by atoms with van der Waals surface area (Å²) in [6, 6.07) is 61.5. The molecule has 252 valence electrons. The molecule has 0 amide bonds. The average Bonchev–Trinajstić information content (AvgIpc) is 3.75. The van der Waals surface area contributed by atoms with Gasteiger partial charge in [0.05, 0.1) is 0 Å². The molecule has 8 rings (SSSR count). The van der Waals surface area contributed by atoms with E-state index in [1.165, 1.54) is 67.7 Å². The molecule has 2 atom stereocenters. The van der Waals surface area contributed by atoms with Gasteiger partial charge in [-0.2, -0.15) is 0 Å². The Labute approximate surface area is 322 Å². The first-order chi connectivity index (χ1) is 25.5. The van der Waals surface area contributed by atoms with Crippen molar-refractivity contribution in [1.29, 1.82) is 0 Å². The fourth-order valence-corrected chi connectivity index (χ4v) is 24.4. The van der Waals surface area contributed by atoms with Crippen LogP contribution in [0, 0.1) is 13.8 Å². The molecular formula is C50H44SiZr. The van der Waals surface area contributed by atoms with Gasteiger partial charge in [-0.25, -0.2) is 0 Å². The Balaban J connectivity index is 1.30. The topological polar surface area (TPSA) is 0 Å². The van der Waals surface area contributed by atoms with Crippen molar-refractivity contribution in [1.82, 2.24) is 0 Å². The SMILES string of the molecule is Cc1cccc(C2(C[SiH](CC3(c4cccc(C)c4)C=Cc4ccccc43)[Zr][C](=CC=Cc3ccccc3)c3ccccc3)C=Cc3ccccc32)c1. The molecule has 0 spiro atoms. The van der Waals surface area contributed by atoms with Crippen LogP contribution < -0.4 is 0 Å². The zero-order chi connectivity index (χ0) is 35.4. The molecule has 0 nitrogen and oxygen atoms in total. The Morgan fingerprint density at radius 1 is 0.558 bits per heavy atom. The summed E-state index contributed by atoms with van der Waals surface area (Å²) < 4.78 is 1.59. The molecule has 6 aromatic carbocycles. The molecule has 0 aromatic heterocycles. The van der Waals surface area contributed by atoms with Crippen molar-refractivity contribution in [2.75, 3.05) is 0 Å². The summed E-state index contributed by atoms with van der Waals surface area (Å²) in [6.45, 7) is 4.49. The van der Waals surface area contributed by atoms with Crippen LogP contribution in [0.5, 0.6) is 0 Å². The number of fused-ring (bicyclic) bond motifs is 2. The third-order valence-electron chi connectivity index (χ3n) is 11.0. The molecule has 2 heteroatoms. The first-order valence-electron chi connectivity index (χ1n) is 18.5. The Morgan fingerprint density at radius 2 is 1.06 bits per heavy atom. The van der Waals surface area contributed by atoms with Gasteiger partial charge >= 0.3 is 324 Å². The molecule has 2 unspecified atom stereocenters. The summed E-state index contributed by atoms with van der Waals surface area (Å²) in [5, 5.41) is 0. The number of hydrogen-bond acceptors (Lipinski definition) is 0. The third kappa shape index (κ3) is 6.95. The molecule has 0 radical (unpaired) electrons. The van der Waals surface area contributed by atoms with E-state index in [-0.39, 0.29) is 10.8 Å². The Morgan fingerprint density at radius 3 is 1.60 bits per heavy atom. The van der Waals surface area contributed by atoms with Crippen LogP contribution in [-0.4, -0.2) is 5.92 Å². The van der Waals surface area contributed by atoms with Gasteiger partial charge in [-0.3, -0.25) is 0 Å². The number of hydrogen-bond donors (Lipinski definition) is 0. The molecule has 6 aromatic rings. The monoisotopic (exact) mass is 762 g/mol. The summed E-state index contributed by atoms with van der Waals surface area (Å²) in [7, 11) is 0. The fourth-order valence-electron chi connectivity index (χ4n) is 8.52. The van der Waals surface area contributed by atoms with E-state index in [0.717, 1.165) is 0 Å². The van der Waals surface area contributed by atoms with Gasteiger partial charge in [-0.1, -0.05) is 0 Å². The molecule has 2 aliphatic carbocycles. The van der Waals surface area contributed by atoms with Crippen molar-refractivity contribution in [2.45, 2.75) is 36.8 Å². The molecule has 0 fully saturated rings. The molecule has 0 saturated heterocycles. The quantitative estimate of drug-likeness (QED) is 0.0911. The van der Waals surface area contributed by atoms with Crippen LogP contribution in [0.3, 0.4) is 0 Å². The van der Waals surface area contributed by atoms with E-state index in [0.29, 0.717) is 0 Å². The third-order valence-corrected chi connectivity index (χ3v) is 23.4. The van der Waals surface area contributed by atoms with E-state index >= 15 is 0 Å². The second-order valence-corrected chi connectivity index (χ2v) is 26.5. The van der Waals surface area contributed by atoms with Crippen LogP contribution in [0.1, 0.15) is 55.6 Å². The minimum atomic E-state index is -1.54. The molecular weight excluding hydrogens is 720 g/mol. The van der Waals surface area contributed by atoms with Gasteiger partial charge in [0.1, 0.15) is 0 Å².